The number of β-amino-alcohol motifs (C(OH)–C–C–N with tert-alkyl or cyclic N) is 1. The molecule has 5 rings (SSSR count). The summed E-state index contributed by atoms with van der Waals surface area (Å²) in [7, 11) is 0. The van der Waals surface area contributed by atoms with E-state index in [1.807, 2.05) is 6.92 Å². The number of nitrogens with one attached hydrogen (secondary N) is 1. The molecule has 3 aliphatic heterocycles. The predicted molar refractivity (Wildman–Crippen MR) is 130 cm³/mol. The third-order valence-electron chi connectivity index (χ3n) is 10.3. The molecule has 7 nitrogen and oxygen atoms in total. The third kappa shape index (κ3) is 5.97. The van der Waals surface area contributed by atoms with Crippen LogP contribution in [0, 0.1) is 41.4 Å². The second-order valence-electron chi connectivity index (χ2n) is 12.8. The first-order valence-corrected chi connectivity index (χ1v) is 14.5. The molecular weight excluding hydrogens is 544 g/mol. The van der Waals surface area contributed by atoms with Crippen molar-refractivity contribution < 1.29 is 45.9 Å². The van der Waals surface area contributed by atoms with Crippen LogP contribution in [0.4, 0.5) is 26.3 Å². The number of amides is 2. The minimum atomic E-state index is -4.54. The fourth-order valence-electron chi connectivity index (χ4n) is 8.09. The van der Waals surface area contributed by atoms with Gasteiger partial charge in [-0.05, 0) is 56.3 Å². The first-order chi connectivity index (χ1) is 18.7. The van der Waals surface area contributed by atoms with Gasteiger partial charge >= 0.3 is 12.4 Å². The summed E-state index contributed by atoms with van der Waals surface area (Å²) in [6.07, 6.45) is -6.49. The number of aliphatic hydroxyl groups excluding tert-OH is 1. The van der Waals surface area contributed by atoms with E-state index in [0.29, 0.717) is 25.8 Å². The number of nitrogens with zero attached hydrogens (tertiary/aromatic N) is 2. The summed E-state index contributed by atoms with van der Waals surface area (Å²) in [5.74, 6) is -6.85. The smallest absolute Gasteiger partial charge is 0.391 e. The molecule has 0 aromatic rings. The van der Waals surface area contributed by atoms with Crippen molar-refractivity contribution in [2.75, 3.05) is 26.2 Å². The standard InChI is InChI=1S/C27H39F6N3O4/c1-14(7-23-22(13-40-34-23)27(31,32)33)15-3-2-4-17(8-15)36-12-20-19(25(36)39)9-16(10-21(20)26(28,29)30)24(38)35-6-5-18(37)11-35/h14-23,34,37H,2-13H2,1H3/t14-,15?,16?,17?,18+,19?,20?,21?,22?,23?/m1/s1. The van der Waals surface area contributed by atoms with Gasteiger partial charge in [0.25, 0.3) is 0 Å². The maximum Gasteiger partial charge on any atom is 0.395 e. The van der Waals surface area contributed by atoms with Crippen LogP contribution in [-0.2, 0) is 14.4 Å². The first kappa shape index (κ1) is 29.9. The van der Waals surface area contributed by atoms with Gasteiger partial charge in [-0.1, -0.05) is 19.8 Å². The molecule has 5 fully saturated rings. The van der Waals surface area contributed by atoms with Crippen molar-refractivity contribution in [3.05, 3.63) is 0 Å². The molecule has 13 heteroatoms. The number of halogens is 6. The summed E-state index contributed by atoms with van der Waals surface area (Å²) in [5, 5.41) is 9.79. The molecule has 8 unspecified atom stereocenters. The van der Waals surface area contributed by atoms with Crippen LogP contribution in [-0.4, -0.2) is 83.5 Å². The molecule has 2 N–H and O–H groups in total. The Morgan fingerprint density at radius 1 is 1.05 bits per heavy atom. The zero-order valence-electron chi connectivity index (χ0n) is 22.6. The van der Waals surface area contributed by atoms with Crippen LogP contribution < -0.4 is 5.48 Å². The lowest BCUT2D eigenvalue weighted by Crippen LogP contribution is -2.46. The Morgan fingerprint density at radius 3 is 2.42 bits per heavy atom. The number of rotatable bonds is 5. The molecule has 0 aromatic carbocycles. The van der Waals surface area contributed by atoms with E-state index in [1.54, 1.807) is 4.90 Å². The lowest BCUT2D eigenvalue weighted by Gasteiger charge is -2.39. The minimum Gasteiger partial charge on any atom is -0.391 e. The number of hydroxylamine groups is 1. The Kier molecular flexibility index (Phi) is 8.40. The van der Waals surface area contributed by atoms with Crippen molar-refractivity contribution in [3.8, 4) is 0 Å². The van der Waals surface area contributed by atoms with Gasteiger partial charge < -0.3 is 19.7 Å². The molecule has 2 saturated carbocycles. The summed E-state index contributed by atoms with van der Waals surface area (Å²) in [4.78, 5) is 34.6. The Bertz CT molecular complexity index is 948. The van der Waals surface area contributed by atoms with Crippen LogP contribution in [0.3, 0.4) is 0 Å². The largest absolute Gasteiger partial charge is 0.395 e. The van der Waals surface area contributed by atoms with Crippen molar-refractivity contribution in [1.29, 1.82) is 0 Å². The molecule has 0 radical (unpaired) electrons. The number of alkyl halides is 6. The molecule has 3 heterocycles. The maximum absolute atomic E-state index is 14.2. The highest BCUT2D eigenvalue weighted by Crippen LogP contribution is 2.51. The summed E-state index contributed by atoms with van der Waals surface area (Å²) < 4.78 is 82.8. The van der Waals surface area contributed by atoms with E-state index in [2.05, 4.69) is 5.48 Å². The Hall–Kier alpha value is -1.60. The number of hydrogen-bond donors (Lipinski definition) is 2. The third-order valence-corrected chi connectivity index (χ3v) is 10.3. The van der Waals surface area contributed by atoms with Crippen LogP contribution >= 0.6 is 0 Å². The zero-order chi connectivity index (χ0) is 29.0. The van der Waals surface area contributed by atoms with Gasteiger partial charge in [-0.2, -0.15) is 31.8 Å². The Balaban J connectivity index is 1.26. The monoisotopic (exact) mass is 583 g/mol. The van der Waals surface area contributed by atoms with Crippen LogP contribution in [0.5, 0.6) is 0 Å². The van der Waals surface area contributed by atoms with E-state index in [4.69, 9.17) is 4.84 Å². The first-order valence-electron chi connectivity index (χ1n) is 14.5. The van der Waals surface area contributed by atoms with E-state index >= 15 is 0 Å². The molecule has 2 aliphatic carbocycles. The van der Waals surface area contributed by atoms with E-state index in [1.165, 1.54) is 4.90 Å². The van der Waals surface area contributed by atoms with Gasteiger partial charge in [0, 0.05) is 43.6 Å². The Labute approximate surface area is 229 Å². The predicted octanol–water partition coefficient (Wildman–Crippen LogP) is 3.91. The zero-order valence-corrected chi connectivity index (χ0v) is 22.6. The number of carbonyl (C=O) groups is 2. The molecule has 3 saturated heterocycles. The molecular formula is C27H39F6N3O4. The van der Waals surface area contributed by atoms with Gasteiger partial charge in [0.1, 0.15) is 0 Å². The summed E-state index contributed by atoms with van der Waals surface area (Å²) in [6.45, 7) is 1.87. The normalized spacial score (nSPS) is 40.0. The average molecular weight is 584 g/mol. The van der Waals surface area contributed by atoms with Gasteiger partial charge in [0.15, 0.2) is 0 Å². The fraction of sp³-hybridized carbons (Fsp3) is 0.926. The Morgan fingerprint density at radius 2 is 1.77 bits per heavy atom. The maximum atomic E-state index is 14.2. The van der Waals surface area contributed by atoms with E-state index < -0.39 is 66.6 Å². The molecule has 2 amide bonds. The fourth-order valence-corrected chi connectivity index (χ4v) is 8.09. The molecule has 0 spiro atoms. The van der Waals surface area contributed by atoms with Crippen molar-refractivity contribution >= 4 is 11.8 Å². The summed E-state index contributed by atoms with van der Waals surface area (Å²) in [5.41, 5.74) is 2.51. The number of likely N-dealkylation sites (tertiary alicyclic amines) is 2. The number of aliphatic hydroxyl groups is 1. The number of fused-ring (bicyclic) bond motifs is 1. The SMILES string of the molecule is C[C@H](CC1NOCC1C(F)(F)F)C1CCCC(N2CC3C(CC(C(=O)N4CC[C@H](O)C4)CC3C(F)(F)F)C2=O)C1. The highest BCUT2D eigenvalue weighted by atomic mass is 19.4. The lowest BCUT2D eigenvalue weighted by atomic mass is 9.68. The van der Waals surface area contributed by atoms with Crippen molar-refractivity contribution in [2.45, 2.75) is 88.8 Å². The molecule has 228 valence electrons. The molecule has 0 aromatic heterocycles. The van der Waals surface area contributed by atoms with Crippen LogP contribution in [0.15, 0.2) is 0 Å². The molecule has 40 heavy (non-hydrogen) atoms. The van der Waals surface area contributed by atoms with Crippen LogP contribution in [0.2, 0.25) is 0 Å². The van der Waals surface area contributed by atoms with E-state index in [0.717, 1.165) is 12.8 Å². The second kappa shape index (κ2) is 11.2. The molecule has 0 bridgehead atoms. The van der Waals surface area contributed by atoms with Crippen molar-refractivity contribution in [3.63, 3.8) is 0 Å². The van der Waals surface area contributed by atoms with Gasteiger partial charge in [0.05, 0.1) is 24.5 Å². The summed E-state index contributed by atoms with van der Waals surface area (Å²) in [6, 6.07) is -1.12. The van der Waals surface area contributed by atoms with Gasteiger partial charge in [-0.3, -0.25) is 9.59 Å². The highest BCUT2D eigenvalue weighted by Gasteiger charge is 2.59. The van der Waals surface area contributed by atoms with E-state index in [-0.39, 0.29) is 56.1 Å². The second-order valence-corrected chi connectivity index (χ2v) is 12.8. The lowest BCUT2D eigenvalue weighted by molar-refractivity contribution is -0.204. The summed E-state index contributed by atoms with van der Waals surface area (Å²) >= 11 is 0. The molecule has 5 aliphatic rings. The average Bonchev–Trinajstić information content (AvgIpc) is 3.61. The number of carbonyl (C=O) groups excluding carboxylic acids is 2. The van der Waals surface area contributed by atoms with Crippen molar-refractivity contribution in [2.24, 2.45) is 41.4 Å². The van der Waals surface area contributed by atoms with Gasteiger partial charge in [0.2, 0.25) is 11.8 Å². The highest BCUT2D eigenvalue weighted by molar-refractivity contribution is 5.85. The van der Waals surface area contributed by atoms with Crippen LogP contribution in [0.25, 0.3) is 0 Å². The number of hydrogen-bond acceptors (Lipinski definition) is 5. The van der Waals surface area contributed by atoms with E-state index in [9.17, 15) is 41.0 Å². The van der Waals surface area contributed by atoms with Gasteiger partial charge in [-0.15, -0.1) is 0 Å². The van der Waals surface area contributed by atoms with Crippen LogP contribution in [0.1, 0.15) is 58.3 Å². The molecule has 10 atom stereocenters. The topological polar surface area (TPSA) is 82.1 Å². The van der Waals surface area contributed by atoms with Crippen molar-refractivity contribution in [1.82, 2.24) is 15.3 Å². The quantitative estimate of drug-likeness (QED) is 0.480. The van der Waals surface area contributed by atoms with Gasteiger partial charge in [-0.25, -0.2) is 0 Å². The minimum absolute atomic E-state index is 0.00302.